The van der Waals surface area contributed by atoms with Crippen LogP contribution in [0.1, 0.15) is 22.0 Å². The second-order valence-corrected chi connectivity index (χ2v) is 4.29. The van der Waals surface area contributed by atoms with Crippen molar-refractivity contribution < 1.29 is 18.7 Å². The maximum Gasteiger partial charge on any atom is 0.341 e. The van der Waals surface area contributed by atoms with Gasteiger partial charge in [-0.3, -0.25) is 0 Å². The van der Waals surface area contributed by atoms with E-state index < -0.39 is 23.6 Å². The molecule has 1 atom stereocenters. The Morgan fingerprint density at radius 2 is 2.05 bits per heavy atom. The Labute approximate surface area is 106 Å². The topological polar surface area (TPSA) is 67.1 Å². The molecule has 3 rings (SSSR count). The largest absolute Gasteiger partial charge is 0.477 e. The number of aromatic nitrogens is 2. The molecule has 2 aromatic rings. The number of hydrogen-bond acceptors (Lipinski definition) is 3. The van der Waals surface area contributed by atoms with Gasteiger partial charge in [0.25, 0.3) is 0 Å². The van der Waals surface area contributed by atoms with Crippen LogP contribution < -0.4 is 5.32 Å². The number of fused-ring (bicyclic) bond motifs is 1. The average Bonchev–Trinajstić information content (AvgIpc) is 2.85. The standard InChI is InChI=1S/C12H9F2N3O2/c13-7-1-6(2-8(14)3-7)10-5-17-11(16-10)9(4-15-17)12(18)19/h1-4,10,16H,5H2,(H,18,19). The Hall–Kier alpha value is -2.44. The van der Waals surface area contributed by atoms with Crippen LogP contribution in [0.15, 0.2) is 24.4 Å². The predicted molar refractivity (Wildman–Crippen MR) is 61.9 cm³/mol. The number of hydrogen-bond donors (Lipinski definition) is 2. The number of rotatable bonds is 2. The zero-order valence-corrected chi connectivity index (χ0v) is 9.60. The van der Waals surface area contributed by atoms with Crippen LogP contribution in [0, 0.1) is 11.6 Å². The van der Waals surface area contributed by atoms with Gasteiger partial charge in [0.05, 0.1) is 18.8 Å². The average molecular weight is 265 g/mol. The van der Waals surface area contributed by atoms with Crippen LogP contribution in [0.3, 0.4) is 0 Å². The molecular formula is C12H9F2N3O2. The zero-order valence-electron chi connectivity index (χ0n) is 9.60. The Morgan fingerprint density at radius 3 is 2.68 bits per heavy atom. The van der Waals surface area contributed by atoms with Crippen molar-refractivity contribution in [3.05, 3.63) is 47.2 Å². The van der Waals surface area contributed by atoms with Crippen molar-refractivity contribution in [2.45, 2.75) is 12.6 Å². The van der Waals surface area contributed by atoms with E-state index in [0.29, 0.717) is 17.9 Å². The van der Waals surface area contributed by atoms with Crippen molar-refractivity contribution in [1.29, 1.82) is 0 Å². The molecule has 7 heteroatoms. The normalized spacial score (nSPS) is 17.1. The minimum atomic E-state index is -1.10. The van der Waals surface area contributed by atoms with Crippen molar-refractivity contribution in [2.75, 3.05) is 5.32 Å². The molecule has 5 nitrogen and oxygen atoms in total. The molecule has 0 bridgehead atoms. The van der Waals surface area contributed by atoms with E-state index in [1.54, 1.807) is 0 Å². The molecule has 98 valence electrons. The Bertz CT molecular complexity index is 649. The van der Waals surface area contributed by atoms with E-state index in [0.717, 1.165) is 6.07 Å². The van der Waals surface area contributed by atoms with E-state index in [1.807, 2.05) is 0 Å². The van der Waals surface area contributed by atoms with Gasteiger partial charge >= 0.3 is 5.97 Å². The summed E-state index contributed by atoms with van der Waals surface area (Å²) in [6, 6.07) is 2.83. The highest BCUT2D eigenvalue weighted by Gasteiger charge is 2.28. The second kappa shape index (κ2) is 4.04. The lowest BCUT2D eigenvalue weighted by Gasteiger charge is -2.11. The first kappa shape index (κ1) is 11.6. The Morgan fingerprint density at radius 1 is 1.37 bits per heavy atom. The number of anilines is 1. The van der Waals surface area contributed by atoms with E-state index in [9.17, 15) is 13.6 Å². The summed E-state index contributed by atoms with van der Waals surface area (Å²) in [5, 5.41) is 15.8. The maximum atomic E-state index is 13.2. The number of benzene rings is 1. The van der Waals surface area contributed by atoms with Crippen LogP contribution in [0.2, 0.25) is 0 Å². The van der Waals surface area contributed by atoms with Gasteiger partial charge in [-0.15, -0.1) is 0 Å². The number of carboxylic acids is 1. The fourth-order valence-corrected chi connectivity index (χ4v) is 2.18. The lowest BCUT2D eigenvalue weighted by atomic mass is 10.1. The van der Waals surface area contributed by atoms with E-state index >= 15 is 0 Å². The summed E-state index contributed by atoms with van der Waals surface area (Å²) in [5.74, 6) is -2.08. The number of carbonyl (C=O) groups is 1. The van der Waals surface area contributed by atoms with Crippen molar-refractivity contribution in [1.82, 2.24) is 9.78 Å². The molecule has 2 N–H and O–H groups in total. The lowest BCUT2D eigenvalue weighted by molar-refractivity contribution is 0.0698. The molecule has 0 saturated heterocycles. The summed E-state index contributed by atoms with van der Waals surface area (Å²) < 4.78 is 27.8. The molecule has 19 heavy (non-hydrogen) atoms. The van der Waals surface area contributed by atoms with Gasteiger partial charge in [-0.1, -0.05) is 0 Å². The van der Waals surface area contributed by atoms with Gasteiger partial charge in [0, 0.05) is 6.07 Å². The van der Waals surface area contributed by atoms with Crippen molar-refractivity contribution in [2.24, 2.45) is 0 Å². The first-order valence-electron chi connectivity index (χ1n) is 5.56. The first-order valence-corrected chi connectivity index (χ1v) is 5.56. The van der Waals surface area contributed by atoms with Crippen molar-refractivity contribution in [3.8, 4) is 0 Å². The van der Waals surface area contributed by atoms with Gasteiger partial charge in [-0.2, -0.15) is 5.10 Å². The summed E-state index contributed by atoms with van der Waals surface area (Å²) in [4.78, 5) is 11.0. The molecule has 0 radical (unpaired) electrons. The number of carboxylic acid groups (broad SMARTS) is 1. The van der Waals surface area contributed by atoms with Gasteiger partial charge < -0.3 is 10.4 Å². The van der Waals surface area contributed by atoms with E-state index in [2.05, 4.69) is 10.4 Å². The molecule has 1 aliphatic rings. The van der Waals surface area contributed by atoms with Gasteiger partial charge in [0.15, 0.2) is 0 Å². The maximum absolute atomic E-state index is 13.2. The van der Waals surface area contributed by atoms with Crippen LogP contribution in [0.25, 0.3) is 0 Å². The van der Waals surface area contributed by atoms with Crippen LogP contribution in [0.4, 0.5) is 14.6 Å². The Balaban J connectivity index is 1.93. The molecule has 1 unspecified atom stereocenters. The van der Waals surface area contributed by atoms with Crippen molar-refractivity contribution >= 4 is 11.8 Å². The van der Waals surface area contributed by atoms with E-state index in [1.165, 1.54) is 23.0 Å². The van der Waals surface area contributed by atoms with E-state index in [4.69, 9.17) is 5.11 Å². The van der Waals surface area contributed by atoms with Crippen LogP contribution in [-0.2, 0) is 6.54 Å². The summed E-state index contributed by atoms with van der Waals surface area (Å²) in [7, 11) is 0. The van der Waals surface area contributed by atoms with Crippen LogP contribution >= 0.6 is 0 Å². The van der Waals surface area contributed by atoms with E-state index in [-0.39, 0.29) is 5.56 Å². The number of nitrogens with zero attached hydrogens (tertiary/aromatic N) is 2. The molecule has 0 spiro atoms. The van der Waals surface area contributed by atoms with Crippen LogP contribution in [-0.4, -0.2) is 20.9 Å². The molecule has 1 aromatic carbocycles. The van der Waals surface area contributed by atoms with Crippen LogP contribution in [0.5, 0.6) is 0 Å². The minimum absolute atomic E-state index is 0.0411. The molecular weight excluding hydrogens is 256 g/mol. The SMILES string of the molecule is O=C(O)c1cnn2c1NC(c1cc(F)cc(F)c1)C2. The fraction of sp³-hybridized carbons (Fsp3) is 0.167. The molecule has 1 aliphatic heterocycles. The van der Waals surface area contributed by atoms with Gasteiger partial charge in [0.2, 0.25) is 0 Å². The fourth-order valence-electron chi connectivity index (χ4n) is 2.18. The summed E-state index contributed by atoms with van der Waals surface area (Å²) in [5.41, 5.74) is 0.457. The zero-order chi connectivity index (χ0) is 13.6. The Kier molecular flexibility index (Phi) is 2.48. The highest BCUT2D eigenvalue weighted by Crippen LogP contribution is 2.31. The number of halogens is 2. The number of aromatic carboxylic acids is 1. The number of nitrogens with one attached hydrogen (secondary N) is 1. The summed E-state index contributed by atoms with van der Waals surface area (Å²) in [6.45, 7) is 0.325. The summed E-state index contributed by atoms with van der Waals surface area (Å²) in [6.07, 6.45) is 1.24. The minimum Gasteiger partial charge on any atom is -0.477 e. The molecule has 2 heterocycles. The van der Waals surface area contributed by atoms with Gasteiger partial charge in [-0.25, -0.2) is 18.3 Å². The third-order valence-electron chi connectivity index (χ3n) is 3.02. The highest BCUT2D eigenvalue weighted by molar-refractivity contribution is 5.93. The summed E-state index contributed by atoms with van der Waals surface area (Å²) >= 11 is 0. The molecule has 0 saturated carbocycles. The molecule has 0 fully saturated rings. The highest BCUT2D eigenvalue weighted by atomic mass is 19.1. The second-order valence-electron chi connectivity index (χ2n) is 4.29. The monoisotopic (exact) mass is 265 g/mol. The third-order valence-corrected chi connectivity index (χ3v) is 3.02. The molecule has 1 aromatic heterocycles. The van der Waals surface area contributed by atoms with Gasteiger partial charge in [0.1, 0.15) is 23.0 Å². The van der Waals surface area contributed by atoms with Crippen molar-refractivity contribution in [3.63, 3.8) is 0 Å². The smallest absolute Gasteiger partial charge is 0.341 e. The lowest BCUT2D eigenvalue weighted by Crippen LogP contribution is -2.09. The molecule has 0 amide bonds. The molecule has 0 aliphatic carbocycles. The van der Waals surface area contributed by atoms with Gasteiger partial charge in [-0.05, 0) is 17.7 Å². The third kappa shape index (κ3) is 1.92. The quantitative estimate of drug-likeness (QED) is 0.871. The predicted octanol–water partition coefficient (Wildman–Crippen LogP) is 2.03. The first-order chi connectivity index (χ1) is 9.04.